The SMILES string of the molecule is CCC(C)(C)c1ccc(Oc2ccc3c4c(cccc24)C(=O)N(c2ccccc2)C3=O)cc1. The smallest absolute Gasteiger partial charge is 0.265 e. The van der Waals surface area contributed by atoms with E-state index < -0.39 is 0 Å². The number of imide groups is 1. The largest absolute Gasteiger partial charge is 0.457 e. The minimum Gasteiger partial charge on any atom is -0.457 e. The van der Waals surface area contributed by atoms with Crippen LogP contribution in [-0.2, 0) is 5.41 Å². The standard InChI is InChI=1S/C29H25NO3/c1-4-29(2,3)19-13-15-21(16-14-19)33-25-18-17-24-26-22(25)11-8-12-23(26)27(31)30(28(24)32)20-9-6-5-7-10-20/h5-18H,4H2,1-3H3. The molecule has 0 spiro atoms. The molecule has 0 fully saturated rings. The van der Waals surface area contributed by atoms with Gasteiger partial charge in [-0.2, -0.15) is 0 Å². The Kier molecular flexibility index (Phi) is 5.01. The molecule has 0 N–H and O–H groups in total. The highest BCUT2D eigenvalue weighted by Gasteiger charge is 2.34. The molecule has 33 heavy (non-hydrogen) atoms. The van der Waals surface area contributed by atoms with Crippen LogP contribution in [0.4, 0.5) is 5.69 Å². The van der Waals surface area contributed by atoms with Crippen molar-refractivity contribution >= 4 is 28.3 Å². The van der Waals surface area contributed by atoms with Crippen LogP contribution < -0.4 is 9.64 Å². The van der Waals surface area contributed by atoms with Gasteiger partial charge in [-0.15, -0.1) is 0 Å². The molecule has 0 aromatic heterocycles. The zero-order valence-electron chi connectivity index (χ0n) is 19.0. The summed E-state index contributed by atoms with van der Waals surface area (Å²) in [5.41, 5.74) is 2.91. The average Bonchev–Trinajstić information content (AvgIpc) is 2.84. The lowest BCUT2D eigenvalue weighted by atomic mass is 9.82. The van der Waals surface area contributed by atoms with Crippen molar-refractivity contribution in [2.24, 2.45) is 0 Å². The number of carbonyl (C=O) groups is 2. The van der Waals surface area contributed by atoms with Crippen molar-refractivity contribution in [3.8, 4) is 11.5 Å². The molecule has 164 valence electrons. The summed E-state index contributed by atoms with van der Waals surface area (Å²) >= 11 is 0. The Morgan fingerprint density at radius 3 is 2.09 bits per heavy atom. The van der Waals surface area contributed by atoms with Gasteiger partial charge in [0.05, 0.1) is 5.69 Å². The van der Waals surface area contributed by atoms with Gasteiger partial charge in [0, 0.05) is 21.9 Å². The normalized spacial score (nSPS) is 13.5. The lowest BCUT2D eigenvalue weighted by Gasteiger charge is -2.27. The third-order valence-electron chi connectivity index (χ3n) is 6.63. The Bertz CT molecular complexity index is 1350. The van der Waals surface area contributed by atoms with Crippen LogP contribution in [-0.4, -0.2) is 11.8 Å². The molecule has 4 nitrogen and oxygen atoms in total. The third-order valence-corrected chi connectivity index (χ3v) is 6.63. The number of rotatable bonds is 5. The first-order chi connectivity index (χ1) is 15.9. The fourth-order valence-corrected chi connectivity index (χ4v) is 4.28. The number of nitrogens with zero attached hydrogens (tertiary/aromatic N) is 1. The average molecular weight is 436 g/mol. The van der Waals surface area contributed by atoms with Crippen molar-refractivity contribution in [2.75, 3.05) is 4.90 Å². The summed E-state index contributed by atoms with van der Waals surface area (Å²) < 4.78 is 6.22. The summed E-state index contributed by atoms with van der Waals surface area (Å²) in [5.74, 6) is 0.679. The van der Waals surface area contributed by atoms with Gasteiger partial charge in [-0.05, 0) is 59.9 Å². The maximum atomic E-state index is 13.3. The molecule has 0 atom stereocenters. The number of hydrogen-bond donors (Lipinski definition) is 0. The molecule has 0 unspecified atom stereocenters. The number of ether oxygens (including phenoxy) is 1. The van der Waals surface area contributed by atoms with Crippen LogP contribution in [0.25, 0.3) is 10.8 Å². The van der Waals surface area contributed by atoms with Crippen molar-refractivity contribution < 1.29 is 14.3 Å². The van der Waals surface area contributed by atoms with Crippen molar-refractivity contribution in [1.82, 2.24) is 0 Å². The van der Waals surface area contributed by atoms with E-state index in [1.165, 1.54) is 10.5 Å². The molecule has 1 aliphatic heterocycles. The minimum absolute atomic E-state index is 0.101. The molecular formula is C29H25NO3. The van der Waals surface area contributed by atoms with E-state index >= 15 is 0 Å². The first kappa shape index (κ1) is 21.0. The zero-order chi connectivity index (χ0) is 23.2. The van der Waals surface area contributed by atoms with Gasteiger partial charge in [-0.25, -0.2) is 4.90 Å². The monoisotopic (exact) mass is 435 g/mol. The van der Waals surface area contributed by atoms with Gasteiger partial charge in [0.1, 0.15) is 11.5 Å². The molecular weight excluding hydrogens is 410 g/mol. The van der Waals surface area contributed by atoms with Crippen molar-refractivity contribution in [3.63, 3.8) is 0 Å². The van der Waals surface area contributed by atoms with E-state index in [0.717, 1.165) is 11.8 Å². The molecule has 5 rings (SSSR count). The molecule has 4 aromatic rings. The molecule has 4 heteroatoms. The van der Waals surface area contributed by atoms with Crippen LogP contribution in [0.15, 0.2) is 84.9 Å². The molecule has 1 aliphatic rings. The number of carbonyl (C=O) groups excluding carboxylic acids is 2. The molecule has 0 aliphatic carbocycles. The zero-order valence-corrected chi connectivity index (χ0v) is 19.0. The van der Waals surface area contributed by atoms with Crippen LogP contribution in [0, 0.1) is 0 Å². The first-order valence-electron chi connectivity index (χ1n) is 11.2. The number of anilines is 1. The Hall–Kier alpha value is -3.92. The van der Waals surface area contributed by atoms with E-state index in [4.69, 9.17) is 4.74 Å². The van der Waals surface area contributed by atoms with Gasteiger partial charge in [0.2, 0.25) is 0 Å². The second kappa shape index (κ2) is 7.89. The summed E-state index contributed by atoms with van der Waals surface area (Å²) in [7, 11) is 0. The maximum Gasteiger partial charge on any atom is 0.265 e. The Balaban J connectivity index is 1.55. The number of amides is 2. The van der Waals surface area contributed by atoms with Gasteiger partial charge in [-0.1, -0.05) is 63.2 Å². The van der Waals surface area contributed by atoms with Crippen LogP contribution in [0.1, 0.15) is 53.5 Å². The van der Waals surface area contributed by atoms with Crippen molar-refractivity contribution in [2.45, 2.75) is 32.6 Å². The predicted molar refractivity (Wildman–Crippen MR) is 131 cm³/mol. The van der Waals surface area contributed by atoms with Crippen LogP contribution in [0.2, 0.25) is 0 Å². The molecule has 0 bridgehead atoms. The van der Waals surface area contributed by atoms with Crippen molar-refractivity contribution in [3.05, 3.63) is 102 Å². The molecule has 0 saturated heterocycles. The molecule has 0 radical (unpaired) electrons. The summed E-state index contributed by atoms with van der Waals surface area (Å²) in [4.78, 5) is 27.9. The Morgan fingerprint density at radius 1 is 0.758 bits per heavy atom. The highest BCUT2D eigenvalue weighted by atomic mass is 16.5. The summed E-state index contributed by atoms with van der Waals surface area (Å²) in [5, 5.41) is 1.39. The highest BCUT2D eigenvalue weighted by Crippen LogP contribution is 2.39. The van der Waals surface area contributed by atoms with Gasteiger partial charge >= 0.3 is 0 Å². The van der Waals surface area contributed by atoms with E-state index in [1.54, 1.807) is 24.3 Å². The Labute approximate surface area is 193 Å². The van der Waals surface area contributed by atoms with Gasteiger partial charge in [0.15, 0.2) is 0 Å². The van der Waals surface area contributed by atoms with Crippen LogP contribution >= 0.6 is 0 Å². The lowest BCUT2D eigenvalue weighted by molar-refractivity contribution is 0.0893. The fraction of sp³-hybridized carbons (Fsp3) is 0.172. The predicted octanol–water partition coefficient (Wildman–Crippen LogP) is 7.12. The van der Waals surface area contributed by atoms with Gasteiger partial charge < -0.3 is 4.74 Å². The van der Waals surface area contributed by atoms with E-state index in [0.29, 0.717) is 33.7 Å². The molecule has 1 heterocycles. The quantitative estimate of drug-likeness (QED) is 0.314. The summed E-state index contributed by atoms with van der Waals surface area (Å²) in [6.45, 7) is 6.63. The minimum atomic E-state index is -0.326. The van der Waals surface area contributed by atoms with E-state index in [-0.39, 0.29) is 17.2 Å². The van der Waals surface area contributed by atoms with Crippen LogP contribution in [0.5, 0.6) is 11.5 Å². The summed E-state index contributed by atoms with van der Waals surface area (Å²) in [6, 6.07) is 26.2. The molecule has 0 saturated carbocycles. The summed E-state index contributed by atoms with van der Waals surface area (Å²) in [6.07, 6.45) is 1.05. The first-order valence-corrected chi connectivity index (χ1v) is 11.2. The van der Waals surface area contributed by atoms with Gasteiger partial charge in [-0.3, -0.25) is 9.59 Å². The maximum absolute atomic E-state index is 13.3. The highest BCUT2D eigenvalue weighted by molar-refractivity contribution is 6.36. The van der Waals surface area contributed by atoms with E-state index in [1.807, 2.05) is 48.5 Å². The topological polar surface area (TPSA) is 46.6 Å². The number of benzene rings is 4. The second-order valence-corrected chi connectivity index (χ2v) is 8.98. The lowest BCUT2D eigenvalue weighted by Crippen LogP contribution is -2.40. The Morgan fingerprint density at radius 2 is 1.42 bits per heavy atom. The number of hydrogen-bond acceptors (Lipinski definition) is 3. The van der Waals surface area contributed by atoms with Crippen LogP contribution in [0.3, 0.4) is 0 Å². The van der Waals surface area contributed by atoms with E-state index in [9.17, 15) is 9.59 Å². The molecule has 2 amide bonds. The third kappa shape index (κ3) is 3.48. The number of para-hydroxylation sites is 1. The van der Waals surface area contributed by atoms with Gasteiger partial charge in [0.25, 0.3) is 11.8 Å². The van der Waals surface area contributed by atoms with E-state index in [2.05, 4.69) is 32.9 Å². The second-order valence-electron chi connectivity index (χ2n) is 8.98. The molecule has 4 aromatic carbocycles. The van der Waals surface area contributed by atoms with Crippen molar-refractivity contribution in [1.29, 1.82) is 0 Å². The fourth-order valence-electron chi connectivity index (χ4n) is 4.28.